The largest absolute Gasteiger partial charge is 0.452 e. The fourth-order valence-corrected chi connectivity index (χ4v) is 1.24. The summed E-state index contributed by atoms with van der Waals surface area (Å²) >= 11 is 0. The average molecular weight is 367 g/mol. The lowest BCUT2D eigenvalue weighted by Gasteiger charge is -2.30. The second-order valence-electron chi connectivity index (χ2n) is 5.04. The summed E-state index contributed by atoms with van der Waals surface area (Å²) < 4.78 is 27.7. The van der Waals surface area contributed by atoms with Crippen LogP contribution in [0.5, 0.6) is 0 Å². The van der Waals surface area contributed by atoms with Crippen LogP contribution in [0.15, 0.2) is 0 Å². The van der Waals surface area contributed by atoms with E-state index in [-0.39, 0.29) is 24.2 Å². The fraction of sp³-hybridized carbons (Fsp3) is 0.667. The number of halogens is 1. The molecule has 0 bridgehead atoms. The Bertz CT molecular complexity index is 502. The third kappa shape index (κ3) is 9.14. The van der Waals surface area contributed by atoms with Crippen LogP contribution >= 0.6 is 0 Å². The van der Waals surface area contributed by atoms with Crippen LogP contribution in [0.4, 0.5) is 18.9 Å². The minimum Gasteiger partial charge on any atom is -0.452 e. The molecule has 0 aromatic heterocycles. The highest BCUT2D eigenvalue weighted by Gasteiger charge is 2.33. The Kier molecular flexibility index (Phi) is 8.98. The number of nitrogens with zero attached hydrogens (tertiary/aromatic N) is 2. The second-order valence-corrected chi connectivity index (χ2v) is 5.04. The molecule has 0 rings (SSSR count). The van der Waals surface area contributed by atoms with Crippen molar-refractivity contribution < 1.29 is 37.9 Å². The van der Waals surface area contributed by atoms with E-state index >= 15 is 0 Å². The molecule has 0 radical (unpaired) electrons. The quantitative estimate of drug-likeness (QED) is 0.348. The van der Waals surface area contributed by atoms with Gasteiger partial charge in [0.1, 0.15) is 5.60 Å². The monoisotopic (exact) mass is 367 g/mol. The Morgan fingerprint density at radius 1 is 1.12 bits per heavy atom. The van der Waals surface area contributed by atoms with Crippen molar-refractivity contribution in [3.63, 3.8) is 0 Å². The summed E-state index contributed by atoms with van der Waals surface area (Å²) in [5.41, 5.74) is 1.95. The van der Waals surface area contributed by atoms with Gasteiger partial charge in [0.05, 0.1) is 25.6 Å². The topological polar surface area (TPSA) is 139 Å². The molecule has 0 unspecified atom stereocenters. The lowest BCUT2D eigenvalue weighted by Crippen LogP contribution is -2.60. The Balaban J connectivity index is 5.05. The van der Waals surface area contributed by atoms with Crippen molar-refractivity contribution in [2.75, 3.05) is 20.3 Å². The SMILES string of the molecule is CCOC(=O)NN(F)N(NC(=O)OC)C(=O)OC(C)(C)CNC(C)=O. The number of hydrogen-bond donors (Lipinski definition) is 3. The number of methoxy groups -OCH3 is 1. The van der Waals surface area contributed by atoms with Crippen LogP contribution in [0.1, 0.15) is 27.7 Å². The van der Waals surface area contributed by atoms with Gasteiger partial charge in [-0.2, -0.15) is 0 Å². The zero-order valence-corrected chi connectivity index (χ0v) is 14.5. The number of ether oxygens (including phenoxy) is 3. The van der Waals surface area contributed by atoms with Gasteiger partial charge in [0, 0.05) is 6.92 Å². The summed E-state index contributed by atoms with van der Waals surface area (Å²) in [5, 5.41) is 1.66. The maximum Gasteiger partial charge on any atom is 0.448 e. The average Bonchev–Trinajstić information content (AvgIpc) is 2.49. The number of hydrazine groups is 3. The van der Waals surface area contributed by atoms with Gasteiger partial charge >= 0.3 is 18.3 Å². The van der Waals surface area contributed by atoms with Crippen LogP contribution in [0.2, 0.25) is 0 Å². The smallest absolute Gasteiger partial charge is 0.448 e. The number of carbonyl (C=O) groups is 4. The Morgan fingerprint density at radius 2 is 1.72 bits per heavy atom. The molecule has 0 aliphatic carbocycles. The molecule has 4 amide bonds. The first-order valence-electron chi connectivity index (χ1n) is 7.03. The van der Waals surface area contributed by atoms with Crippen molar-refractivity contribution in [1.29, 1.82) is 0 Å². The maximum absolute atomic E-state index is 14.0. The molecule has 12 nitrogen and oxygen atoms in total. The van der Waals surface area contributed by atoms with Crippen molar-refractivity contribution in [2.24, 2.45) is 0 Å². The molecule has 0 saturated heterocycles. The fourth-order valence-electron chi connectivity index (χ4n) is 1.24. The highest BCUT2D eigenvalue weighted by Crippen LogP contribution is 2.11. The molecule has 13 heteroatoms. The second kappa shape index (κ2) is 10.1. The maximum atomic E-state index is 14.0. The zero-order chi connectivity index (χ0) is 19.6. The van der Waals surface area contributed by atoms with Crippen LogP contribution in [0.3, 0.4) is 0 Å². The molecule has 144 valence electrons. The standard InChI is InChI=1S/C12H22FN5O7/c1-6-24-10(21)16-18(13)17(15-9(20)23-5)11(22)25-12(3,4)7-14-8(2)19/h6-7H2,1-5H3,(H,14,19)(H,15,20)(H,16,21). The van der Waals surface area contributed by atoms with Crippen molar-refractivity contribution in [3.05, 3.63) is 0 Å². The van der Waals surface area contributed by atoms with Crippen LogP contribution < -0.4 is 16.2 Å². The highest BCUT2D eigenvalue weighted by molar-refractivity contribution is 5.74. The van der Waals surface area contributed by atoms with E-state index in [1.54, 1.807) is 5.43 Å². The zero-order valence-electron chi connectivity index (χ0n) is 14.5. The van der Waals surface area contributed by atoms with Crippen LogP contribution in [-0.4, -0.2) is 60.5 Å². The first kappa shape index (κ1) is 22.2. The van der Waals surface area contributed by atoms with E-state index < -0.39 is 29.2 Å². The van der Waals surface area contributed by atoms with E-state index in [9.17, 15) is 23.7 Å². The van der Waals surface area contributed by atoms with E-state index in [2.05, 4.69) is 14.8 Å². The number of hydrogen-bond acceptors (Lipinski definition) is 8. The third-order valence-electron chi connectivity index (χ3n) is 2.32. The summed E-state index contributed by atoms with van der Waals surface area (Å²) in [6.45, 7) is 5.45. The van der Waals surface area contributed by atoms with Crippen LogP contribution in [-0.2, 0) is 19.0 Å². The third-order valence-corrected chi connectivity index (χ3v) is 2.32. The van der Waals surface area contributed by atoms with Gasteiger partial charge in [-0.25, -0.2) is 25.2 Å². The highest BCUT2D eigenvalue weighted by atomic mass is 19.2. The Labute approximate surface area is 143 Å². The van der Waals surface area contributed by atoms with Gasteiger partial charge in [-0.05, 0) is 20.8 Å². The predicted octanol–water partition coefficient (Wildman–Crippen LogP) is 0.373. The minimum absolute atomic E-state index is 0.0572. The summed E-state index contributed by atoms with van der Waals surface area (Å²) in [7, 11) is 0.973. The number of carbonyl (C=O) groups excluding carboxylic acids is 4. The minimum atomic E-state index is -1.42. The van der Waals surface area contributed by atoms with Crippen LogP contribution in [0, 0.1) is 0 Å². The predicted molar refractivity (Wildman–Crippen MR) is 79.7 cm³/mol. The molecule has 0 heterocycles. The van der Waals surface area contributed by atoms with Crippen LogP contribution in [0.25, 0.3) is 0 Å². The summed E-state index contributed by atoms with van der Waals surface area (Å²) in [4.78, 5) is 45.5. The molecule has 25 heavy (non-hydrogen) atoms. The molecular weight excluding hydrogens is 345 g/mol. The lowest BCUT2D eigenvalue weighted by atomic mass is 10.1. The van der Waals surface area contributed by atoms with E-state index in [0.717, 1.165) is 7.11 Å². The van der Waals surface area contributed by atoms with E-state index in [1.807, 2.05) is 0 Å². The van der Waals surface area contributed by atoms with Gasteiger partial charge in [0.15, 0.2) is 0 Å². The van der Waals surface area contributed by atoms with Gasteiger partial charge in [-0.15, -0.1) is 0 Å². The van der Waals surface area contributed by atoms with E-state index in [4.69, 9.17) is 4.74 Å². The molecule has 0 aromatic rings. The molecule has 0 spiro atoms. The molecule has 0 aliphatic rings. The summed E-state index contributed by atoms with van der Waals surface area (Å²) in [6, 6.07) is 0. The van der Waals surface area contributed by atoms with Gasteiger partial charge in [-0.3, -0.25) is 4.79 Å². The molecule has 0 fully saturated rings. The van der Waals surface area contributed by atoms with Crippen molar-refractivity contribution in [2.45, 2.75) is 33.3 Å². The molecule has 0 saturated carbocycles. The molecule has 0 aromatic carbocycles. The number of nitrogens with one attached hydrogen (secondary N) is 3. The van der Waals surface area contributed by atoms with E-state index in [0.29, 0.717) is 0 Å². The molecular formula is C12H22FN5O7. The molecule has 3 N–H and O–H groups in total. The molecule has 0 aliphatic heterocycles. The van der Waals surface area contributed by atoms with Crippen molar-refractivity contribution >= 4 is 24.2 Å². The Hall–Kier alpha value is -2.83. The lowest BCUT2D eigenvalue weighted by molar-refractivity contribution is -0.208. The summed E-state index contributed by atoms with van der Waals surface area (Å²) in [5.74, 6) is -0.371. The first-order valence-corrected chi connectivity index (χ1v) is 7.03. The summed E-state index contributed by atoms with van der Waals surface area (Å²) in [6.07, 6.45) is -3.86. The van der Waals surface area contributed by atoms with Gasteiger partial charge < -0.3 is 19.5 Å². The molecule has 0 atom stereocenters. The van der Waals surface area contributed by atoms with Gasteiger partial charge in [-0.1, -0.05) is 9.60 Å². The Morgan fingerprint density at radius 3 is 2.20 bits per heavy atom. The van der Waals surface area contributed by atoms with Gasteiger partial charge in [0.25, 0.3) is 0 Å². The van der Waals surface area contributed by atoms with Crippen molar-refractivity contribution in [1.82, 2.24) is 26.6 Å². The normalized spacial score (nSPS) is 10.5. The number of amides is 4. The number of rotatable bonds is 6. The van der Waals surface area contributed by atoms with E-state index in [1.165, 1.54) is 33.1 Å². The van der Waals surface area contributed by atoms with Gasteiger partial charge in [0.2, 0.25) is 5.91 Å². The van der Waals surface area contributed by atoms with Crippen molar-refractivity contribution in [3.8, 4) is 0 Å². The first-order chi connectivity index (χ1) is 11.5.